The molecule has 0 atom stereocenters. The number of rotatable bonds is 5. The van der Waals surface area contributed by atoms with E-state index in [-0.39, 0.29) is 0 Å². The van der Waals surface area contributed by atoms with Crippen molar-refractivity contribution in [2.75, 3.05) is 13.2 Å². The molecule has 2 aromatic heterocycles. The van der Waals surface area contributed by atoms with Gasteiger partial charge >= 0.3 is 0 Å². The summed E-state index contributed by atoms with van der Waals surface area (Å²) >= 11 is 3.26. The van der Waals surface area contributed by atoms with Crippen LogP contribution >= 0.6 is 22.7 Å². The molecule has 0 bridgehead atoms. The highest BCUT2D eigenvalue weighted by Gasteiger charge is 2.09. The third kappa shape index (κ3) is 3.29. The molecule has 0 saturated carbocycles. The van der Waals surface area contributed by atoms with Gasteiger partial charge in [0.1, 0.15) is 23.1 Å². The summed E-state index contributed by atoms with van der Waals surface area (Å²) in [5, 5.41) is 6.11. The van der Waals surface area contributed by atoms with E-state index in [0.29, 0.717) is 13.2 Å². The first kappa shape index (κ1) is 14.2. The molecule has 0 aliphatic rings. The second-order valence-electron chi connectivity index (χ2n) is 4.45. The molecule has 4 nitrogen and oxygen atoms in total. The molecule has 1 aromatic carbocycles. The van der Waals surface area contributed by atoms with Crippen LogP contribution in [0.25, 0.3) is 22.0 Å². The summed E-state index contributed by atoms with van der Waals surface area (Å²) in [6.45, 7) is 3.05. The molecule has 3 aromatic rings. The van der Waals surface area contributed by atoms with Crippen molar-refractivity contribution >= 4 is 22.7 Å². The van der Waals surface area contributed by atoms with Crippen LogP contribution in [0.4, 0.5) is 0 Å². The highest BCUT2D eigenvalue weighted by Crippen LogP contribution is 2.30. The number of nitrogens with two attached hydrogens (primary N) is 1. The first-order valence-corrected chi connectivity index (χ1v) is 8.33. The van der Waals surface area contributed by atoms with Crippen LogP contribution in [0.1, 0.15) is 5.01 Å². The molecule has 2 heterocycles. The molecule has 0 spiro atoms. The van der Waals surface area contributed by atoms with Crippen molar-refractivity contribution in [2.24, 2.45) is 5.73 Å². The van der Waals surface area contributed by atoms with Crippen LogP contribution in [-0.4, -0.2) is 23.1 Å². The lowest BCUT2D eigenvalue weighted by Gasteiger charge is -2.04. The first-order chi connectivity index (χ1) is 10.3. The Balaban J connectivity index is 1.79. The quantitative estimate of drug-likeness (QED) is 0.781. The molecular formula is C15H15N3OS2. The Kier molecular flexibility index (Phi) is 4.28. The Labute approximate surface area is 131 Å². The molecule has 0 fully saturated rings. The fraction of sp³-hybridized carbons (Fsp3) is 0.200. The SMILES string of the molecule is Cc1nc(-c2nc(-c3ccc(OCCN)cc3)cs2)cs1. The zero-order valence-corrected chi connectivity index (χ0v) is 13.2. The lowest BCUT2D eigenvalue weighted by molar-refractivity contribution is 0.328. The zero-order chi connectivity index (χ0) is 14.7. The minimum atomic E-state index is 0.518. The standard InChI is InChI=1S/C15H15N3OS2/c1-10-17-14(9-20-10)15-18-13(8-21-15)11-2-4-12(5-3-11)19-7-6-16/h2-5,8-9H,6-7,16H2,1H3. The second kappa shape index (κ2) is 6.34. The predicted octanol–water partition coefficient (Wildman–Crippen LogP) is 3.58. The summed E-state index contributed by atoms with van der Waals surface area (Å²) in [5.41, 5.74) is 8.41. The normalized spacial score (nSPS) is 10.8. The summed E-state index contributed by atoms with van der Waals surface area (Å²) in [4.78, 5) is 9.13. The maximum Gasteiger partial charge on any atom is 0.143 e. The summed E-state index contributed by atoms with van der Waals surface area (Å²) in [7, 11) is 0. The van der Waals surface area contributed by atoms with E-state index in [1.54, 1.807) is 22.7 Å². The summed E-state index contributed by atoms with van der Waals surface area (Å²) in [6.07, 6.45) is 0. The molecule has 0 amide bonds. The van der Waals surface area contributed by atoms with E-state index in [1.807, 2.05) is 36.6 Å². The van der Waals surface area contributed by atoms with Gasteiger partial charge in [0.05, 0.1) is 10.7 Å². The van der Waals surface area contributed by atoms with Crippen LogP contribution in [0.15, 0.2) is 35.0 Å². The monoisotopic (exact) mass is 317 g/mol. The van der Waals surface area contributed by atoms with E-state index < -0.39 is 0 Å². The van der Waals surface area contributed by atoms with Crippen molar-refractivity contribution in [3.8, 4) is 27.7 Å². The molecule has 108 valence electrons. The van der Waals surface area contributed by atoms with Crippen LogP contribution in [0.5, 0.6) is 5.75 Å². The average molecular weight is 317 g/mol. The van der Waals surface area contributed by atoms with Crippen LogP contribution < -0.4 is 10.5 Å². The smallest absolute Gasteiger partial charge is 0.143 e. The van der Waals surface area contributed by atoms with Crippen molar-refractivity contribution < 1.29 is 4.74 Å². The summed E-state index contributed by atoms with van der Waals surface area (Å²) in [5.74, 6) is 0.828. The Morgan fingerprint density at radius 1 is 1.05 bits per heavy atom. The van der Waals surface area contributed by atoms with Gasteiger partial charge in [-0.1, -0.05) is 0 Å². The molecule has 0 radical (unpaired) electrons. The number of aryl methyl sites for hydroxylation is 1. The molecule has 0 aliphatic carbocycles. The predicted molar refractivity (Wildman–Crippen MR) is 87.9 cm³/mol. The van der Waals surface area contributed by atoms with Gasteiger partial charge in [-0.25, -0.2) is 9.97 Å². The molecule has 6 heteroatoms. The highest BCUT2D eigenvalue weighted by atomic mass is 32.1. The van der Waals surface area contributed by atoms with Gasteiger partial charge in [0.15, 0.2) is 0 Å². The van der Waals surface area contributed by atoms with E-state index in [4.69, 9.17) is 10.5 Å². The minimum absolute atomic E-state index is 0.518. The van der Waals surface area contributed by atoms with E-state index in [1.165, 1.54) is 0 Å². The van der Waals surface area contributed by atoms with Crippen molar-refractivity contribution in [3.05, 3.63) is 40.0 Å². The Morgan fingerprint density at radius 2 is 1.81 bits per heavy atom. The van der Waals surface area contributed by atoms with Crippen LogP contribution in [0, 0.1) is 6.92 Å². The Hall–Kier alpha value is -1.76. The molecule has 0 unspecified atom stereocenters. The van der Waals surface area contributed by atoms with E-state index >= 15 is 0 Å². The van der Waals surface area contributed by atoms with Crippen LogP contribution in [0.3, 0.4) is 0 Å². The number of hydrogen-bond acceptors (Lipinski definition) is 6. The first-order valence-electron chi connectivity index (χ1n) is 6.57. The molecule has 3 rings (SSSR count). The maximum atomic E-state index is 5.47. The van der Waals surface area contributed by atoms with Gasteiger partial charge in [0.25, 0.3) is 0 Å². The third-order valence-electron chi connectivity index (χ3n) is 2.88. The highest BCUT2D eigenvalue weighted by molar-refractivity contribution is 7.14. The molecule has 21 heavy (non-hydrogen) atoms. The Bertz CT molecular complexity index is 719. The third-order valence-corrected chi connectivity index (χ3v) is 4.52. The van der Waals surface area contributed by atoms with Crippen molar-refractivity contribution in [1.29, 1.82) is 0 Å². The van der Waals surface area contributed by atoms with Gasteiger partial charge in [0.2, 0.25) is 0 Å². The minimum Gasteiger partial charge on any atom is -0.492 e. The fourth-order valence-corrected chi connectivity index (χ4v) is 3.34. The van der Waals surface area contributed by atoms with Gasteiger partial charge < -0.3 is 10.5 Å². The van der Waals surface area contributed by atoms with Crippen molar-refractivity contribution in [1.82, 2.24) is 9.97 Å². The van der Waals surface area contributed by atoms with Gasteiger partial charge in [-0.05, 0) is 31.2 Å². The fourth-order valence-electron chi connectivity index (χ4n) is 1.88. The van der Waals surface area contributed by atoms with Gasteiger partial charge in [-0.3, -0.25) is 0 Å². The number of nitrogens with zero attached hydrogens (tertiary/aromatic N) is 2. The molecular weight excluding hydrogens is 302 g/mol. The van der Waals surface area contributed by atoms with E-state index in [9.17, 15) is 0 Å². The number of aromatic nitrogens is 2. The van der Waals surface area contributed by atoms with Gasteiger partial charge in [0, 0.05) is 22.9 Å². The average Bonchev–Trinajstić information content (AvgIpc) is 3.14. The zero-order valence-electron chi connectivity index (χ0n) is 11.6. The largest absolute Gasteiger partial charge is 0.492 e. The molecule has 0 saturated heterocycles. The van der Waals surface area contributed by atoms with Gasteiger partial charge in [-0.15, -0.1) is 22.7 Å². The lowest BCUT2D eigenvalue weighted by Crippen LogP contribution is -2.10. The van der Waals surface area contributed by atoms with E-state index in [0.717, 1.165) is 32.7 Å². The van der Waals surface area contributed by atoms with Gasteiger partial charge in [-0.2, -0.15) is 0 Å². The second-order valence-corrected chi connectivity index (χ2v) is 6.37. The summed E-state index contributed by atoms with van der Waals surface area (Å²) < 4.78 is 5.47. The van der Waals surface area contributed by atoms with Crippen LogP contribution in [0.2, 0.25) is 0 Å². The number of benzene rings is 1. The maximum absolute atomic E-state index is 5.47. The van der Waals surface area contributed by atoms with Crippen molar-refractivity contribution in [3.63, 3.8) is 0 Å². The summed E-state index contributed by atoms with van der Waals surface area (Å²) in [6, 6.07) is 7.90. The topological polar surface area (TPSA) is 61.0 Å². The van der Waals surface area contributed by atoms with Crippen molar-refractivity contribution in [2.45, 2.75) is 6.92 Å². The Morgan fingerprint density at radius 3 is 2.48 bits per heavy atom. The van der Waals surface area contributed by atoms with Crippen LogP contribution in [-0.2, 0) is 0 Å². The number of ether oxygens (including phenoxy) is 1. The number of hydrogen-bond donors (Lipinski definition) is 1. The molecule has 2 N–H and O–H groups in total. The molecule has 0 aliphatic heterocycles. The lowest BCUT2D eigenvalue weighted by atomic mass is 10.2. The number of thiazole rings is 2. The van der Waals surface area contributed by atoms with E-state index in [2.05, 4.69) is 15.3 Å².